The van der Waals surface area contributed by atoms with E-state index in [-0.39, 0.29) is 24.5 Å². The fraction of sp³-hybridized carbons (Fsp3) is 0.562. The molecular formula is C16H23NO4. The topological polar surface area (TPSA) is 67.8 Å². The predicted octanol–water partition coefficient (Wildman–Crippen LogP) is 1.96. The number of nitrogens with one attached hydrogen (secondary N) is 1. The number of rotatable bonds is 5. The average Bonchev–Trinajstić information content (AvgIpc) is 2.47. The number of benzene rings is 1. The van der Waals surface area contributed by atoms with E-state index in [0.29, 0.717) is 6.61 Å². The van der Waals surface area contributed by atoms with Gasteiger partial charge >= 0.3 is 0 Å². The SMILES string of the molecule is COCC(O)c1ccc2c(c1)C(NC(=O)C(C)C)CCO2. The largest absolute Gasteiger partial charge is 0.493 e. The van der Waals surface area contributed by atoms with Crippen LogP contribution in [0, 0.1) is 5.92 Å². The van der Waals surface area contributed by atoms with Gasteiger partial charge in [-0.2, -0.15) is 0 Å². The highest BCUT2D eigenvalue weighted by molar-refractivity contribution is 5.78. The molecule has 1 aliphatic heterocycles. The Labute approximate surface area is 125 Å². The molecule has 2 N–H and O–H groups in total. The standard InChI is InChI=1S/C16H23NO4/c1-10(2)16(19)17-13-6-7-21-15-5-4-11(8-12(13)15)14(18)9-20-3/h4-5,8,10,13-14,18H,6-7,9H2,1-3H3,(H,17,19). The van der Waals surface area contributed by atoms with Gasteiger partial charge in [0.2, 0.25) is 5.91 Å². The predicted molar refractivity (Wildman–Crippen MR) is 79.1 cm³/mol. The van der Waals surface area contributed by atoms with Crippen LogP contribution >= 0.6 is 0 Å². The molecule has 0 spiro atoms. The van der Waals surface area contributed by atoms with E-state index in [2.05, 4.69) is 5.32 Å². The van der Waals surface area contributed by atoms with Crippen LogP contribution in [0.1, 0.15) is 43.5 Å². The van der Waals surface area contributed by atoms with E-state index in [4.69, 9.17) is 9.47 Å². The van der Waals surface area contributed by atoms with Gasteiger partial charge in [-0.1, -0.05) is 19.9 Å². The zero-order valence-electron chi connectivity index (χ0n) is 12.8. The van der Waals surface area contributed by atoms with Crippen molar-refractivity contribution >= 4 is 5.91 Å². The number of aliphatic hydroxyl groups excluding tert-OH is 1. The van der Waals surface area contributed by atoms with Crippen molar-refractivity contribution in [2.45, 2.75) is 32.4 Å². The minimum absolute atomic E-state index is 0.0238. The quantitative estimate of drug-likeness (QED) is 0.871. The summed E-state index contributed by atoms with van der Waals surface area (Å²) in [5.41, 5.74) is 1.69. The van der Waals surface area contributed by atoms with Crippen LogP contribution in [0.4, 0.5) is 0 Å². The molecule has 21 heavy (non-hydrogen) atoms. The first kappa shape index (κ1) is 15.8. The van der Waals surface area contributed by atoms with Crippen LogP contribution in [-0.2, 0) is 9.53 Å². The highest BCUT2D eigenvalue weighted by Gasteiger charge is 2.25. The van der Waals surface area contributed by atoms with Crippen LogP contribution in [0.25, 0.3) is 0 Å². The number of hydrogen-bond acceptors (Lipinski definition) is 4. The molecule has 2 atom stereocenters. The van der Waals surface area contributed by atoms with Crippen LogP contribution in [0.2, 0.25) is 0 Å². The summed E-state index contributed by atoms with van der Waals surface area (Å²) in [6, 6.07) is 5.49. The maximum Gasteiger partial charge on any atom is 0.223 e. The molecule has 0 aliphatic carbocycles. The Kier molecular flexibility index (Phi) is 5.20. The third-order valence-electron chi connectivity index (χ3n) is 3.62. The van der Waals surface area contributed by atoms with Crippen molar-refractivity contribution in [1.82, 2.24) is 5.32 Å². The van der Waals surface area contributed by atoms with Crippen molar-refractivity contribution in [3.8, 4) is 5.75 Å². The summed E-state index contributed by atoms with van der Waals surface area (Å²) in [4.78, 5) is 11.9. The van der Waals surface area contributed by atoms with Gasteiger partial charge in [-0.25, -0.2) is 0 Å². The first-order valence-corrected chi connectivity index (χ1v) is 7.27. The van der Waals surface area contributed by atoms with Gasteiger partial charge in [-0.05, 0) is 17.7 Å². The van der Waals surface area contributed by atoms with Crippen LogP contribution in [-0.4, -0.2) is 31.3 Å². The fourth-order valence-corrected chi connectivity index (χ4v) is 2.36. The molecule has 1 heterocycles. The molecule has 5 heteroatoms. The Morgan fingerprint density at radius 2 is 2.29 bits per heavy atom. The summed E-state index contributed by atoms with van der Waals surface area (Å²) in [7, 11) is 1.55. The number of methoxy groups -OCH3 is 1. The van der Waals surface area contributed by atoms with Crippen molar-refractivity contribution in [1.29, 1.82) is 0 Å². The van der Waals surface area contributed by atoms with Crippen LogP contribution in [0.3, 0.4) is 0 Å². The zero-order valence-corrected chi connectivity index (χ0v) is 12.8. The lowest BCUT2D eigenvalue weighted by molar-refractivity contribution is -0.124. The van der Waals surface area contributed by atoms with Crippen molar-refractivity contribution in [3.63, 3.8) is 0 Å². The molecule has 116 valence electrons. The summed E-state index contributed by atoms with van der Waals surface area (Å²) in [6.07, 6.45) is 0.0543. The second kappa shape index (κ2) is 6.91. The maximum absolute atomic E-state index is 11.9. The molecule has 0 fully saturated rings. The van der Waals surface area contributed by atoms with Gasteiger partial charge in [0, 0.05) is 25.0 Å². The number of amides is 1. The Balaban J connectivity index is 2.23. The van der Waals surface area contributed by atoms with Gasteiger partial charge in [-0.3, -0.25) is 4.79 Å². The van der Waals surface area contributed by atoms with Crippen molar-refractivity contribution in [2.75, 3.05) is 20.3 Å². The summed E-state index contributed by atoms with van der Waals surface area (Å²) in [5, 5.41) is 13.1. The van der Waals surface area contributed by atoms with Crippen LogP contribution < -0.4 is 10.1 Å². The van der Waals surface area contributed by atoms with E-state index >= 15 is 0 Å². The zero-order chi connectivity index (χ0) is 15.4. The highest BCUT2D eigenvalue weighted by atomic mass is 16.5. The molecule has 1 amide bonds. The average molecular weight is 293 g/mol. The molecule has 0 aromatic heterocycles. The molecule has 5 nitrogen and oxygen atoms in total. The molecule has 2 unspecified atom stereocenters. The summed E-state index contributed by atoms with van der Waals surface area (Å²) >= 11 is 0. The second-order valence-electron chi connectivity index (χ2n) is 5.62. The normalized spacial score (nSPS) is 18.8. The number of fused-ring (bicyclic) bond motifs is 1. The van der Waals surface area contributed by atoms with Gasteiger partial charge in [0.15, 0.2) is 0 Å². The first-order valence-electron chi connectivity index (χ1n) is 7.27. The lowest BCUT2D eigenvalue weighted by atomic mass is 9.96. The molecule has 0 saturated heterocycles. The maximum atomic E-state index is 11.9. The minimum Gasteiger partial charge on any atom is -0.493 e. The lowest BCUT2D eigenvalue weighted by Gasteiger charge is -2.28. The molecule has 1 aromatic carbocycles. The summed E-state index contributed by atoms with van der Waals surface area (Å²) in [6.45, 7) is 4.56. The van der Waals surface area contributed by atoms with Gasteiger partial charge in [0.1, 0.15) is 11.9 Å². The van der Waals surface area contributed by atoms with Crippen LogP contribution in [0.5, 0.6) is 5.75 Å². The molecule has 0 saturated carbocycles. The first-order chi connectivity index (χ1) is 10.0. The van der Waals surface area contributed by atoms with Gasteiger partial charge in [0.25, 0.3) is 0 Å². The van der Waals surface area contributed by atoms with E-state index in [1.54, 1.807) is 7.11 Å². The van der Waals surface area contributed by atoms with Crippen LogP contribution in [0.15, 0.2) is 18.2 Å². The Morgan fingerprint density at radius 3 is 2.95 bits per heavy atom. The molecule has 2 rings (SSSR count). The monoisotopic (exact) mass is 293 g/mol. The summed E-state index contributed by atoms with van der Waals surface area (Å²) in [5.74, 6) is 0.734. The third-order valence-corrected chi connectivity index (χ3v) is 3.62. The van der Waals surface area contributed by atoms with Crippen molar-refractivity contribution < 1.29 is 19.4 Å². The lowest BCUT2D eigenvalue weighted by Crippen LogP contribution is -2.34. The fourth-order valence-electron chi connectivity index (χ4n) is 2.36. The van der Waals surface area contributed by atoms with Gasteiger partial charge in [0.05, 0.1) is 19.3 Å². The number of hydrogen-bond donors (Lipinski definition) is 2. The molecule has 0 radical (unpaired) electrons. The number of ether oxygens (including phenoxy) is 2. The Morgan fingerprint density at radius 1 is 1.52 bits per heavy atom. The number of aliphatic hydroxyl groups is 1. The van der Waals surface area contributed by atoms with Crippen molar-refractivity contribution in [3.05, 3.63) is 29.3 Å². The minimum atomic E-state index is -0.677. The molecule has 0 bridgehead atoms. The molecule has 1 aliphatic rings. The number of carbonyl (C=O) groups excluding carboxylic acids is 1. The number of carbonyl (C=O) groups is 1. The Bertz CT molecular complexity index is 501. The van der Waals surface area contributed by atoms with E-state index in [0.717, 1.165) is 23.3 Å². The van der Waals surface area contributed by atoms with Gasteiger partial charge in [-0.15, -0.1) is 0 Å². The highest BCUT2D eigenvalue weighted by Crippen LogP contribution is 2.34. The second-order valence-corrected chi connectivity index (χ2v) is 5.62. The van der Waals surface area contributed by atoms with Crippen molar-refractivity contribution in [2.24, 2.45) is 5.92 Å². The Hall–Kier alpha value is -1.59. The third kappa shape index (κ3) is 3.74. The van der Waals surface area contributed by atoms with E-state index < -0.39 is 6.10 Å². The van der Waals surface area contributed by atoms with E-state index in [9.17, 15) is 9.90 Å². The molecule has 1 aromatic rings. The summed E-state index contributed by atoms with van der Waals surface area (Å²) < 4.78 is 10.6. The smallest absolute Gasteiger partial charge is 0.223 e. The van der Waals surface area contributed by atoms with E-state index in [1.807, 2.05) is 32.0 Å². The van der Waals surface area contributed by atoms with Gasteiger partial charge < -0.3 is 19.9 Å². The van der Waals surface area contributed by atoms with E-state index in [1.165, 1.54) is 0 Å². The molecular weight excluding hydrogens is 270 g/mol.